The van der Waals surface area contributed by atoms with Gasteiger partial charge in [0.1, 0.15) is 5.75 Å². The highest BCUT2D eigenvalue weighted by atomic mass is 32.1. The Balaban J connectivity index is 2.50. The number of benzene rings is 1. The van der Waals surface area contributed by atoms with E-state index in [0.29, 0.717) is 6.54 Å². The number of hydrogen-bond donors (Lipinski definition) is 0. The number of nitrogens with zero attached hydrogens (tertiary/aromatic N) is 2. The highest BCUT2D eigenvalue weighted by molar-refractivity contribution is 7.18. The van der Waals surface area contributed by atoms with Crippen LogP contribution < -0.4 is 4.74 Å². The van der Waals surface area contributed by atoms with E-state index in [0.717, 1.165) is 21.0 Å². The maximum atomic E-state index is 6.76. The smallest absolute Gasteiger partial charge is 0.265 e. The Kier molecular flexibility index (Phi) is 2.33. The highest BCUT2D eigenvalue weighted by Gasteiger charge is 2.05. The van der Waals surface area contributed by atoms with E-state index in [9.17, 15) is 0 Å². The van der Waals surface area contributed by atoms with E-state index in [1.807, 2.05) is 18.2 Å². The summed E-state index contributed by atoms with van der Waals surface area (Å²) in [6.07, 6.45) is 0. The molecule has 0 radical (unpaired) electrons. The number of rotatable bonds is 2. The number of aromatic nitrogens is 1. The van der Waals surface area contributed by atoms with Crippen molar-refractivity contribution in [1.29, 1.82) is 0 Å². The van der Waals surface area contributed by atoms with Gasteiger partial charge in [-0.15, -0.1) is 11.3 Å². The molecule has 1 heterocycles. The topological polar surface area (TPSA) is 26.5 Å². The predicted molar refractivity (Wildman–Crippen MR) is 56.5 cm³/mol. The van der Waals surface area contributed by atoms with Crippen molar-refractivity contribution in [2.75, 3.05) is 7.11 Å². The van der Waals surface area contributed by atoms with Gasteiger partial charge in [0.15, 0.2) is 5.01 Å². The van der Waals surface area contributed by atoms with Crippen molar-refractivity contribution in [3.8, 4) is 5.75 Å². The summed E-state index contributed by atoms with van der Waals surface area (Å²) in [6.45, 7) is 7.12. The number of ether oxygens (including phenoxy) is 1. The molecule has 0 aliphatic carbocycles. The van der Waals surface area contributed by atoms with Crippen molar-refractivity contribution in [3.05, 3.63) is 34.6 Å². The van der Waals surface area contributed by atoms with E-state index in [1.165, 1.54) is 0 Å². The maximum absolute atomic E-state index is 6.76. The first-order valence-electron chi connectivity index (χ1n) is 4.10. The average Bonchev–Trinajstić information content (AvgIpc) is 2.59. The lowest BCUT2D eigenvalue weighted by Crippen LogP contribution is -1.81. The zero-order valence-corrected chi connectivity index (χ0v) is 8.47. The zero-order chi connectivity index (χ0) is 9.97. The second-order valence-electron chi connectivity index (χ2n) is 2.76. The van der Waals surface area contributed by atoms with Crippen LogP contribution in [0.2, 0.25) is 0 Å². The average molecular weight is 204 g/mol. The Morgan fingerprint density at radius 2 is 2.43 bits per heavy atom. The molecule has 0 atom stereocenters. The monoisotopic (exact) mass is 204 g/mol. The van der Waals surface area contributed by atoms with Crippen LogP contribution in [0.25, 0.3) is 15.1 Å². The molecule has 0 aliphatic rings. The largest absolute Gasteiger partial charge is 0.497 e. The van der Waals surface area contributed by atoms with Crippen LogP contribution in [0.4, 0.5) is 0 Å². The van der Waals surface area contributed by atoms with Gasteiger partial charge in [0, 0.05) is 6.07 Å². The Morgan fingerprint density at radius 3 is 3.14 bits per heavy atom. The maximum Gasteiger partial charge on any atom is 0.265 e. The number of methoxy groups -OCH3 is 1. The van der Waals surface area contributed by atoms with Gasteiger partial charge in [0.2, 0.25) is 0 Å². The van der Waals surface area contributed by atoms with E-state index in [4.69, 9.17) is 11.3 Å². The van der Waals surface area contributed by atoms with Crippen LogP contribution in [-0.2, 0) is 6.54 Å². The molecule has 0 unspecified atom stereocenters. The molecule has 2 rings (SSSR count). The second kappa shape index (κ2) is 3.64. The summed E-state index contributed by atoms with van der Waals surface area (Å²) in [5.41, 5.74) is 0.910. The molecule has 0 aliphatic heterocycles. The molecule has 70 valence electrons. The first kappa shape index (κ1) is 8.97. The summed E-state index contributed by atoms with van der Waals surface area (Å²) < 4.78 is 6.20. The summed E-state index contributed by atoms with van der Waals surface area (Å²) in [7, 11) is 1.63. The fourth-order valence-electron chi connectivity index (χ4n) is 1.22. The van der Waals surface area contributed by atoms with Crippen LogP contribution in [0.1, 0.15) is 5.01 Å². The lowest BCUT2D eigenvalue weighted by Gasteiger charge is -1.96. The third kappa shape index (κ3) is 1.54. The van der Waals surface area contributed by atoms with E-state index < -0.39 is 0 Å². The van der Waals surface area contributed by atoms with Gasteiger partial charge in [-0.25, -0.2) is 11.6 Å². The standard InChI is InChI=1S/C10H8N2OS/c1-11-6-10-12-8-5-7(13-2)3-4-9(8)14-10/h3-5H,6H2,2H3. The number of hydrogen-bond acceptors (Lipinski definition) is 3. The lowest BCUT2D eigenvalue weighted by atomic mass is 10.3. The number of fused-ring (bicyclic) bond motifs is 1. The van der Waals surface area contributed by atoms with Gasteiger partial charge in [-0.2, -0.15) is 0 Å². The van der Waals surface area contributed by atoms with Crippen molar-refractivity contribution >= 4 is 21.6 Å². The zero-order valence-electron chi connectivity index (χ0n) is 7.65. The summed E-state index contributed by atoms with van der Waals surface area (Å²) >= 11 is 1.56. The van der Waals surface area contributed by atoms with Crippen molar-refractivity contribution in [2.24, 2.45) is 0 Å². The van der Waals surface area contributed by atoms with E-state index in [2.05, 4.69) is 9.83 Å². The second-order valence-corrected chi connectivity index (χ2v) is 3.87. The fourth-order valence-corrected chi connectivity index (χ4v) is 2.09. The van der Waals surface area contributed by atoms with Gasteiger partial charge in [-0.1, -0.05) is 0 Å². The molecule has 0 saturated heterocycles. The van der Waals surface area contributed by atoms with Gasteiger partial charge in [0.05, 0.1) is 17.3 Å². The van der Waals surface area contributed by atoms with Crippen molar-refractivity contribution < 1.29 is 4.74 Å². The summed E-state index contributed by atoms with van der Waals surface area (Å²) in [4.78, 5) is 7.65. The molecule has 14 heavy (non-hydrogen) atoms. The predicted octanol–water partition coefficient (Wildman–Crippen LogP) is 2.72. The van der Waals surface area contributed by atoms with Crippen LogP contribution in [0, 0.1) is 6.57 Å². The SMILES string of the molecule is [C-]#[N+]Cc1nc2cc(OC)ccc2s1. The van der Waals surface area contributed by atoms with Gasteiger partial charge in [0.25, 0.3) is 6.54 Å². The van der Waals surface area contributed by atoms with Gasteiger partial charge < -0.3 is 9.58 Å². The quantitative estimate of drug-likeness (QED) is 0.703. The molecule has 0 amide bonds. The Hall–Kier alpha value is -1.60. The third-order valence-corrected chi connectivity index (χ3v) is 2.87. The molecule has 0 spiro atoms. The molecule has 2 aromatic rings. The molecule has 0 N–H and O–H groups in total. The molecule has 4 heteroatoms. The normalized spacial score (nSPS) is 10.0. The van der Waals surface area contributed by atoms with Crippen LogP contribution in [0.3, 0.4) is 0 Å². The molecule has 0 saturated carbocycles. The van der Waals surface area contributed by atoms with Gasteiger partial charge >= 0.3 is 0 Å². The Labute approximate surface area is 85.8 Å². The van der Waals surface area contributed by atoms with Crippen LogP contribution in [0.5, 0.6) is 5.75 Å². The molecular formula is C10H8N2OS. The van der Waals surface area contributed by atoms with E-state index in [-0.39, 0.29) is 0 Å². The minimum absolute atomic E-state index is 0.363. The molecule has 3 nitrogen and oxygen atoms in total. The van der Waals surface area contributed by atoms with Crippen LogP contribution >= 0.6 is 11.3 Å². The van der Waals surface area contributed by atoms with Crippen LogP contribution in [0.15, 0.2) is 18.2 Å². The van der Waals surface area contributed by atoms with E-state index >= 15 is 0 Å². The molecule has 0 bridgehead atoms. The molecule has 1 aromatic carbocycles. The first-order chi connectivity index (χ1) is 6.83. The Morgan fingerprint density at radius 1 is 1.57 bits per heavy atom. The highest BCUT2D eigenvalue weighted by Crippen LogP contribution is 2.26. The van der Waals surface area contributed by atoms with Crippen molar-refractivity contribution in [2.45, 2.75) is 6.54 Å². The lowest BCUT2D eigenvalue weighted by molar-refractivity contribution is 0.415. The molecular weight excluding hydrogens is 196 g/mol. The first-order valence-corrected chi connectivity index (χ1v) is 4.92. The van der Waals surface area contributed by atoms with Gasteiger partial charge in [-0.05, 0) is 12.1 Å². The van der Waals surface area contributed by atoms with Gasteiger partial charge in [-0.3, -0.25) is 0 Å². The van der Waals surface area contributed by atoms with Crippen molar-refractivity contribution in [3.63, 3.8) is 0 Å². The third-order valence-electron chi connectivity index (χ3n) is 1.85. The number of thiazole rings is 1. The molecule has 1 aromatic heterocycles. The Bertz CT molecular complexity index is 498. The molecule has 0 fully saturated rings. The summed E-state index contributed by atoms with van der Waals surface area (Å²) in [5, 5.41) is 0.864. The summed E-state index contributed by atoms with van der Waals surface area (Å²) in [6, 6.07) is 5.76. The fraction of sp³-hybridized carbons (Fsp3) is 0.200. The van der Waals surface area contributed by atoms with Crippen molar-refractivity contribution in [1.82, 2.24) is 4.98 Å². The van der Waals surface area contributed by atoms with Crippen LogP contribution in [-0.4, -0.2) is 12.1 Å². The minimum Gasteiger partial charge on any atom is -0.497 e. The minimum atomic E-state index is 0.363. The van der Waals surface area contributed by atoms with E-state index in [1.54, 1.807) is 18.4 Å². The summed E-state index contributed by atoms with van der Waals surface area (Å²) in [5.74, 6) is 0.803.